The van der Waals surface area contributed by atoms with Crippen LogP contribution in [-0.2, 0) is 0 Å². The van der Waals surface area contributed by atoms with Crippen LogP contribution < -0.4 is 0 Å². The topological polar surface area (TPSA) is 0 Å². The maximum absolute atomic E-state index is 5.85. The second-order valence-electron chi connectivity index (χ2n) is 3.26. The Morgan fingerprint density at radius 1 is 1.30 bits per heavy atom. The molecule has 0 saturated heterocycles. The largest absolute Gasteiger partial charge is 0.123 e. The summed E-state index contributed by atoms with van der Waals surface area (Å²) in [5, 5.41) is 0.354. The molecule has 0 spiro atoms. The van der Waals surface area contributed by atoms with E-state index in [9.17, 15) is 0 Å². The third-order valence-electron chi connectivity index (χ3n) is 1.78. The Morgan fingerprint density at radius 2 is 1.90 bits per heavy atom. The van der Waals surface area contributed by atoms with Crippen LogP contribution >= 0.6 is 11.6 Å². The van der Waals surface area contributed by atoms with Gasteiger partial charge in [-0.3, -0.25) is 0 Å². The first kappa shape index (κ1) is 10.3. The number of rotatable bonds is 5. The van der Waals surface area contributed by atoms with Crippen molar-refractivity contribution >= 4 is 11.6 Å². The Balaban J connectivity index is 3.16. The summed E-state index contributed by atoms with van der Waals surface area (Å²) < 4.78 is 0. The van der Waals surface area contributed by atoms with Crippen molar-refractivity contribution in [1.82, 2.24) is 0 Å². The van der Waals surface area contributed by atoms with Gasteiger partial charge >= 0.3 is 0 Å². The van der Waals surface area contributed by atoms with Crippen molar-refractivity contribution in [2.45, 2.75) is 51.8 Å². The third-order valence-corrected chi connectivity index (χ3v) is 1.96. The van der Waals surface area contributed by atoms with E-state index >= 15 is 0 Å². The molecule has 0 bridgehead atoms. The van der Waals surface area contributed by atoms with E-state index < -0.39 is 0 Å². The molecular formula is C9H19Cl. The summed E-state index contributed by atoms with van der Waals surface area (Å²) in [7, 11) is 0. The van der Waals surface area contributed by atoms with Gasteiger partial charge in [-0.25, -0.2) is 0 Å². The fourth-order valence-corrected chi connectivity index (χ4v) is 1.53. The van der Waals surface area contributed by atoms with E-state index in [-0.39, 0.29) is 0 Å². The van der Waals surface area contributed by atoms with E-state index in [2.05, 4.69) is 20.8 Å². The summed E-state index contributed by atoms with van der Waals surface area (Å²) >= 11 is 5.85. The zero-order chi connectivity index (χ0) is 7.98. The zero-order valence-corrected chi connectivity index (χ0v) is 8.12. The van der Waals surface area contributed by atoms with E-state index in [1.807, 2.05) is 0 Å². The Hall–Kier alpha value is 0.290. The highest BCUT2D eigenvalue weighted by Crippen LogP contribution is 2.16. The summed E-state index contributed by atoms with van der Waals surface area (Å²) in [5.74, 6) is 0.812. The molecule has 0 fully saturated rings. The van der Waals surface area contributed by atoms with E-state index in [4.69, 9.17) is 11.6 Å². The van der Waals surface area contributed by atoms with Crippen molar-refractivity contribution in [2.75, 3.05) is 0 Å². The average molecular weight is 163 g/mol. The van der Waals surface area contributed by atoms with E-state index in [0.29, 0.717) is 5.38 Å². The molecule has 10 heavy (non-hydrogen) atoms. The van der Waals surface area contributed by atoms with Crippen LogP contribution in [0.25, 0.3) is 0 Å². The maximum Gasteiger partial charge on any atom is 0.0310 e. The number of unbranched alkanes of at least 4 members (excludes halogenated alkanes) is 1. The van der Waals surface area contributed by atoms with Gasteiger partial charge in [-0.05, 0) is 19.3 Å². The molecule has 0 heterocycles. The summed E-state index contributed by atoms with van der Waals surface area (Å²) in [6.07, 6.45) is 5.17. The van der Waals surface area contributed by atoms with Gasteiger partial charge in [-0.2, -0.15) is 0 Å². The van der Waals surface area contributed by atoms with Crippen molar-refractivity contribution in [1.29, 1.82) is 0 Å². The van der Waals surface area contributed by atoms with Gasteiger partial charge in [0.2, 0.25) is 0 Å². The molecule has 0 radical (unpaired) electrons. The van der Waals surface area contributed by atoms with Crippen LogP contribution in [0.2, 0.25) is 0 Å². The lowest BCUT2D eigenvalue weighted by Crippen LogP contribution is -2.01. The first-order chi connectivity index (χ1) is 4.66. The maximum atomic E-state index is 5.85. The summed E-state index contributed by atoms with van der Waals surface area (Å²) in [4.78, 5) is 0. The van der Waals surface area contributed by atoms with Gasteiger partial charge in [0, 0.05) is 5.38 Å². The molecule has 0 aromatic heterocycles. The molecule has 2 atom stereocenters. The summed E-state index contributed by atoms with van der Waals surface area (Å²) in [6.45, 7) is 6.59. The van der Waals surface area contributed by atoms with Gasteiger partial charge in [0.1, 0.15) is 0 Å². The smallest absolute Gasteiger partial charge is 0.0310 e. The van der Waals surface area contributed by atoms with Gasteiger partial charge < -0.3 is 0 Å². The average Bonchev–Trinajstić information content (AvgIpc) is 1.82. The molecule has 0 aliphatic rings. The second-order valence-corrected chi connectivity index (χ2v) is 4.01. The molecule has 0 nitrogen and oxygen atoms in total. The minimum atomic E-state index is 0.354. The highest BCUT2D eigenvalue weighted by molar-refractivity contribution is 6.20. The second kappa shape index (κ2) is 6.03. The molecule has 0 aliphatic heterocycles. The molecule has 0 saturated carbocycles. The molecule has 2 unspecified atom stereocenters. The number of alkyl halides is 1. The predicted molar refractivity (Wildman–Crippen MR) is 48.6 cm³/mol. The van der Waals surface area contributed by atoms with Crippen molar-refractivity contribution in [3.63, 3.8) is 0 Å². The first-order valence-electron chi connectivity index (χ1n) is 4.30. The standard InChI is InChI=1S/C9H19Cl/c1-4-5-6-8(2)7-9(3)10/h8-9H,4-7H2,1-3H3. The van der Waals surface area contributed by atoms with Crippen LogP contribution in [-0.4, -0.2) is 5.38 Å². The van der Waals surface area contributed by atoms with Crippen molar-refractivity contribution in [2.24, 2.45) is 5.92 Å². The minimum absolute atomic E-state index is 0.354. The predicted octanol–water partition coefficient (Wildman–Crippen LogP) is 3.83. The molecule has 0 aliphatic carbocycles. The van der Waals surface area contributed by atoms with Crippen LogP contribution in [0.5, 0.6) is 0 Å². The van der Waals surface area contributed by atoms with Gasteiger partial charge in [0.15, 0.2) is 0 Å². The summed E-state index contributed by atoms with van der Waals surface area (Å²) in [6, 6.07) is 0. The highest BCUT2D eigenvalue weighted by Gasteiger charge is 2.04. The van der Waals surface area contributed by atoms with Gasteiger partial charge in [0.25, 0.3) is 0 Å². The fourth-order valence-electron chi connectivity index (χ4n) is 1.22. The Morgan fingerprint density at radius 3 is 2.30 bits per heavy atom. The lowest BCUT2D eigenvalue weighted by atomic mass is 9.99. The van der Waals surface area contributed by atoms with Crippen molar-refractivity contribution in [3.8, 4) is 0 Å². The molecular weight excluding hydrogens is 144 g/mol. The van der Waals surface area contributed by atoms with Crippen LogP contribution in [0.4, 0.5) is 0 Å². The van der Waals surface area contributed by atoms with E-state index in [0.717, 1.165) is 5.92 Å². The molecule has 0 aromatic carbocycles. The minimum Gasteiger partial charge on any atom is -0.123 e. The molecule has 1 heteroatoms. The molecule has 0 N–H and O–H groups in total. The molecule has 0 aromatic rings. The number of halogens is 1. The van der Waals surface area contributed by atoms with Crippen LogP contribution in [0.3, 0.4) is 0 Å². The third kappa shape index (κ3) is 6.41. The fraction of sp³-hybridized carbons (Fsp3) is 1.00. The highest BCUT2D eigenvalue weighted by atomic mass is 35.5. The monoisotopic (exact) mass is 162 g/mol. The summed E-state index contributed by atoms with van der Waals surface area (Å²) in [5.41, 5.74) is 0. The SMILES string of the molecule is CCCCC(C)CC(C)Cl. The van der Waals surface area contributed by atoms with E-state index in [1.165, 1.54) is 25.7 Å². The lowest BCUT2D eigenvalue weighted by molar-refractivity contribution is 0.469. The Kier molecular flexibility index (Phi) is 6.20. The van der Waals surface area contributed by atoms with Crippen LogP contribution in [0.1, 0.15) is 46.5 Å². The molecule has 62 valence electrons. The van der Waals surface area contributed by atoms with Crippen molar-refractivity contribution in [3.05, 3.63) is 0 Å². The number of hydrogen-bond acceptors (Lipinski definition) is 0. The Labute approximate surface area is 70.0 Å². The Bertz CT molecular complexity index is 69.1. The molecule has 0 amide bonds. The van der Waals surface area contributed by atoms with E-state index in [1.54, 1.807) is 0 Å². The molecule has 0 rings (SSSR count). The normalized spacial score (nSPS) is 16.8. The van der Waals surface area contributed by atoms with Crippen LogP contribution in [0.15, 0.2) is 0 Å². The zero-order valence-electron chi connectivity index (χ0n) is 7.36. The quantitative estimate of drug-likeness (QED) is 0.539. The van der Waals surface area contributed by atoms with Crippen LogP contribution in [0, 0.1) is 5.92 Å². The number of hydrogen-bond donors (Lipinski definition) is 0. The van der Waals surface area contributed by atoms with Gasteiger partial charge in [-0.1, -0.05) is 33.1 Å². The van der Waals surface area contributed by atoms with Crippen molar-refractivity contribution < 1.29 is 0 Å². The van der Waals surface area contributed by atoms with Gasteiger partial charge in [-0.15, -0.1) is 11.6 Å². The first-order valence-corrected chi connectivity index (χ1v) is 4.74. The van der Waals surface area contributed by atoms with Gasteiger partial charge in [0.05, 0.1) is 0 Å². The lowest BCUT2D eigenvalue weighted by Gasteiger charge is -2.11.